The summed E-state index contributed by atoms with van der Waals surface area (Å²) in [6.45, 7) is 2.63. The van der Waals surface area contributed by atoms with E-state index in [0.717, 1.165) is 0 Å². The molecule has 120 valence electrons. The van der Waals surface area contributed by atoms with Gasteiger partial charge in [-0.3, -0.25) is 19.3 Å². The van der Waals surface area contributed by atoms with E-state index in [1.54, 1.807) is 17.0 Å². The molecule has 23 heavy (non-hydrogen) atoms. The molecule has 7 nitrogen and oxygen atoms in total. The van der Waals surface area contributed by atoms with Gasteiger partial charge in [0.15, 0.2) is 5.76 Å². The SMILES string of the molecule is O=C(CN1CCN(C(=O)c2ccc(=O)[nH]c2)CC1)c1ccco1. The molecule has 1 saturated heterocycles. The minimum absolute atomic E-state index is 0.0598. The third-order valence-corrected chi connectivity index (χ3v) is 3.85. The predicted molar refractivity (Wildman–Crippen MR) is 82.4 cm³/mol. The Morgan fingerprint density at radius 1 is 1.13 bits per heavy atom. The molecule has 7 heteroatoms. The number of hydrogen-bond donors (Lipinski definition) is 1. The van der Waals surface area contributed by atoms with Crippen molar-refractivity contribution in [3.8, 4) is 0 Å². The van der Waals surface area contributed by atoms with E-state index in [9.17, 15) is 14.4 Å². The highest BCUT2D eigenvalue weighted by atomic mass is 16.3. The number of ketones is 1. The number of nitrogens with one attached hydrogen (secondary N) is 1. The van der Waals surface area contributed by atoms with Gasteiger partial charge in [-0.25, -0.2) is 0 Å². The quantitative estimate of drug-likeness (QED) is 0.835. The van der Waals surface area contributed by atoms with Crippen molar-refractivity contribution >= 4 is 11.7 Å². The second-order valence-electron chi connectivity index (χ2n) is 5.41. The van der Waals surface area contributed by atoms with Gasteiger partial charge in [0.2, 0.25) is 11.3 Å². The molecule has 3 rings (SSSR count). The molecule has 0 unspecified atom stereocenters. The Kier molecular flexibility index (Phi) is 4.38. The number of furan rings is 1. The van der Waals surface area contributed by atoms with Crippen molar-refractivity contribution in [1.82, 2.24) is 14.8 Å². The molecule has 0 atom stereocenters. The Balaban J connectivity index is 1.54. The number of hydrogen-bond acceptors (Lipinski definition) is 5. The first-order valence-electron chi connectivity index (χ1n) is 7.40. The molecule has 0 aromatic carbocycles. The number of amides is 1. The molecule has 0 spiro atoms. The number of aromatic amines is 1. The van der Waals surface area contributed by atoms with Crippen LogP contribution in [-0.2, 0) is 0 Å². The number of pyridine rings is 1. The number of H-pyrrole nitrogens is 1. The van der Waals surface area contributed by atoms with E-state index in [2.05, 4.69) is 4.98 Å². The number of rotatable bonds is 4. The number of piperazine rings is 1. The molecule has 3 heterocycles. The van der Waals surface area contributed by atoms with Gasteiger partial charge >= 0.3 is 0 Å². The number of nitrogens with zero attached hydrogens (tertiary/aromatic N) is 2. The van der Waals surface area contributed by atoms with Gasteiger partial charge in [0.05, 0.1) is 18.4 Å². The summed E-state index contributed by atoms with van der Waals surface area (Å²) in [4.78, 5) is 41.6. The van der Waals surface area contributed by atoms with Crippen molar-refractivity contribution in [3.05, 3.63) is 58.4 Å². The molecule has 0 radical (unpaired) electrons. The first-order valence-corrected chi connectivity index (χ1v) is 7.40. The van der Waals surface area contributed by atoms with E-state index in [4.69, 9.17) is 4.42 Å². The smallest absolute Gasteiger partial charge is 0.255 e. The van der Waals surface area contributed by atoms with E-state index in [0.29, 0.717) is 37.5 Å². The summed E-state index contributed by atoms with van der Waals surface area (Å²) in [7, 11) is 0. The lowest BCUT2D eigenvalue weighted by Crippen LogP contribution is -2.49. The van der Waals surface area contributed by atoms with Gasteiger partial charge in [-0.05, 0) is 18.2 Å². The zero-order valence-electron chi connectivity index (χ0n) is 12.5. The summed E-state index contributed by atoms with van der Waals surface area (Å²) in [5.74, 6) is 0.186. The summed E-state index contributed by atoms with van der Waals surface area (Å²) in [6.07, 6.45) is 2.91. The van der Waals surface area contributed by atoms with E-state index in [1.807, 2.05) is 4.90 Å². The van der Waals surface area contributed by atoms with Crippen LogP contribution in [0.1, 0.15) is 20.9 Å². The van der Waals surface area contributed by atoms with Crippen molar-refractivity contribution in [3.63, 3.8) is 0 Å². The Bertz CT molecular complexity index is 722. The van der Waals surface area contributed by atoms with Gasteiger partial charge in [0.25, 0.3) is 5.91 Å². The monoisotopic (exact) mass is 315 g/mol. The molecular formula is C16H17N3O4. The van der Waals surface area contributed by atoms with Crippen LogP contribution in [0.2, 0.25) is 0 Å². The zero-order chi connectivity index (χ0) is 16.2. The van der Waals surface area contributed by atoms with Crippen LogP contribution in [0.25, 0.3) is 0 Å². The summed E-state index contributed by atoms with van der Waals surface area (Å²) >= 11 is 0. The normalized spacial score (nSPS) is 15.6. The number of carbonyl (C=O) groups excluding carboxylic acids is 2. The van der Waals surface area contributed by atoms with Crippen LogP contribution in [0.5, 0.6) is 0 Å². The maximum Gasteiger partial charge on any atom is 0.255 e. The second-order valence-corrected chi connectivity index (χ2v) is 5.41. The molecule has 1 aliphatic heterocycles. The number of carbonyl (C=O) groups is 2. The number of aromatic nitrogens is 1. The van der Waals surface area contributed by atoms with Crippen molar-refractivity contribution in [2.45, 2.75) is 0 Å². The highest BCUT2D eigenvalue weighted by Crippen LogP contribution is 2.09. The first-order chi connectivity index (χ1) is 11.1. The Hall–Kier alpha value is -2.67. The molecule has 0 saturated carbocycles. The van der Waals surface area contributed by atoms with Crippen molar-refractivity contribution in [1.29, 1.82) is 0 Å². The summed E-state index contributed by atoms with van der Waals surface area (Å²) in [5.41, 5.74) is 0.229. The highest BCUT2D eigenvalue weighted by Gasteiger charge is 2.24. The molecule has 0 aliphatic carbocycles. The topological polar surface area (TPSA) is 86.6 Å². The van der Waals surface area contributed by atoms with Gasteiger partial charge in [-0.15, -0.1) is 0 Å². The van der Waals surface area contributed by atoms with Gasteiger partial charge in [-0.2, -0.15) is 0 Å². The van der Waals surface area contributed by atoms with Crippen LogP contribution >= 0.6 is 0 Å². The average molecular weight is 315 g/mol. The molecule has 0 bridgehead atoms. The predicted octanol–water partition coefficient (Wildman–Crippen LogP) is 0.609. The summed E-state index contributed by atoms with van der Waals surface area (Å²) in [5, 5.41) is 0. The maximum atomic E-state index is 12.3. The maximum absolute atomic E-state index is 12.3. The molecule has 2 aromatic rings. The summed E-state index contributed by atoms with van der Waals surface area (Å²) in [6, 6.07) is 6.20. The van der Waals surface area contributed by atoms with Crippen LogP contribution in [0.4, 0.5) is 0 Å². The second kappa shape index (κ2) is 6.62. The third kappa shape index (κ3) is 3.57. The lowest BCUT2D eigenvalue weighted by atomic mass is 10.2. The van der Waals surface area contributed by atoms with Gasteiger partial charge < -0.3 is 14.3 Å². The zero-order valence-corrected chi connectivity index (χ0v) is 12.5. The van der Waals surface area contributed by atoms with E-state index in [1.165, 1.54) is 24.6 Å². The van der Waals surface area contributed by atoms with E-state index in [-0.39, 0.29) is 23.8 Å². The van der Waals surface area contributed by atoms with Crippen molar-refractivity contribution in [2.75, 3.05) is 32.7 Å². The fourth-order valence-corrected chi connectivity index (χ4v) is 2.55. The van der Waals surface area contributed by atoms with Crippen LogP contribution < -0.4 is 5.56 Å². The first kappa shape index (κ1) is 15.2. The Morgan fingerprint density at radius 3 is 2.52 bits per heavy atom. The van der Waals surface area contributed by atoms with Crippen LogP contribution in [0, 0.1) is 0 Å². The lowest BCUT2D eigenvalue weighted by molar-refractivity contribution is 0.0620. The van der Waals surface area contributed by atoms with Crippen molar-refractivity contribution in [2.24, 2.45) is 0 Å². The Morgan fingerprint density at radius 2 is 1.91 bits per heavy atom. The summed E-state index contributed by atoms with van der Waals surface area (Å²) < 4.78 is 5.09. The minimum atomic E-state index is -0.234. The largest absolute Gasteiger partial charge is 0.461 e. The molecule has 1 amide bonds. The van der Waals surface area contributed by atoms with Crippen LogP contribution in [-0.4, -0.2) is 59.2 Å². The molecular weight excluding hydrogens is 298 g/mol. The Labute approximate surface area is 132 Å². The molecule has 2 aromatic heterocycles. The standard InChI is InChI=1S/C16H17N3O4/c20-13(14-2-1-9-23-14)11-18-5-7-19(8-6-18)16(22)12-3-4-15(21)17-10-12/h1-4,9-10H,5-8,11H2,(H,17,21). The minimum Gasteiger partial charge on any atom is -0.461 e. The average Bonchev–Trinajstić information content (AvgIpc) is 3.10. The molecule has 1 fully saturated rings. The van der Waals surface area contributed by atoms with Gasteiger partial charge in [0.1, 0.15) is 0 Å². The molecule has 1 aliphatic rings. The van der Waals surface area contributed by atoms with E-state index >= 15 is 0 Å². The lowest BCUT2D eigenvalue weighted by Gasteiger charge is -2.34. The highest BCUT2D eigenvalue weighted by molar-refractivity contribution is 5.95. The van der Waals surface area contributed by atoms with Crippen LogP contribution in [0.3, 0.4) is 0 Å². The van der Waals surface area contributed by atoms with Gasteiger partial charge in [0, 0.05) is 38.4 Å². The fourth-order valence-electron chi connectivity index (χ4n) is 2.55. The van der Waals surface area contributed by atoms with Crippen molar-refractivity contribution < 1.29 is 14.0 Å². The fraction of sp³-hybridized carbons (Fsp3) is 0.312. The van der Waals surface area contributed by atoms with E-state index < -0.39 is 0 Å². The van der Waals surface area contributed by atoms with Gasteiger partial charge in [-0.1, -0.05) is 0 Å². The van der Waals surface area contributed by atoms with Crippen LogP contribution in [0.15, 0.2) is 45.9 Å². The third-order valence-electron chi connectivity index (χ3n) is 3.85. The number of Topliss-reactive ketones (excluding diaryl/α,β-unsaturated/α-hetero) is 1. The molecule has 1 N–H and O–H groups in total.